The average Bonchev–Trinajstić information content (AvgIpc) is 2.95. The Morgan fingerprint density at radius 2 is 1.58 bits per heavy atom. The van der Waals surface area contributed by atoms with E-state index < -0.39 is 18.4 Å². The quantitative estimate of drug-likeness (QED) is 0.328. The van der Waals surface area contributed by atoms with Gasteiger partial charge in [0.15, 0.2) is 0 Å². The number of ether oxygens (including phenoxy) is 1. The topological polar surface area (TPSA) is 29.5 Å². The zero-order valence-corrected chi connectivity index (χ0v) is 19.6. The summed E-state index contributed by atoms with van der Waals surface area (Å²) >= 11 is -2.64. The summed E-state index contributed by atoms with van der Waals surface area (Å²) < 4.78 is 10.7. The van der Waals surface area contributed by atoms with E-state index in [4.69, 9.17) is 4.74 Å². The Morgan fingerprint density at radius 1 is 1.12 bits per heavy atom. The van der Waals surface area contributed by atoms with Crippen LogP contribution in [0.4, 0.5) is 4.79 Å². The van der Waals surface area contributed by atoms with E-state index in [1.165, 1.54) is 55.5 Å². The molecule has 1 saturated heterocycles. The number of hydrogen-bond donors (Lipinski definition) is 0. The van der Waals surface area contributed by atoms with Gasteiger partial charge in [0, 0.05) is 0 Å². The Bertz CT molecular complexity index is 387. The molecule has 0 spiro atoms. The van der Waals surface area contributed by atoms with E-state index in [0.717, 1.165) is 0 Å². The number of amides is 1. The molecule has 1 rings (SSSR count). The van der Waals surface area contributed by atoms with Gasteiger partial charge in [0.1, 0.15) is 0 Å². The molecule has 0 radical (unpaired) electrons. The number of nitrogens with zero attached hydrogens (tertiary/aromatic N) is 1. The van der Waals surface area contributed by atoms with Gasteiger partial charge in [-0.1, -0.05) is 0 Å². The van der Waals surface area contributed by atoms with Crippen molar-refractivity contribution < 1.29 is 9.53 Å². The van der Waals surface area contributed by atoms with Gasteiger partial charge < -0.3 is 0 Å². The summed E-state index contributed by atoms with van der Waals surface area (Å²) in [7, 11) is 0. The van der Waals surface area contributed by atoms with Crippen molar-refractivity contribution in [1.29, 1.82) is 0 Å². The van der Waals surface area contributed by atoms with Crippen molar-refractivity contribution in [3.8, 4) is 0 Å². The van der Waals surface area contributed by atoms with Crippen molar-refractivity contribution in [1.82, 2.24) is 4.90 Å². The predicted octanol–water partition coefficient (Wildman–Crippen LogP) is 6.37. The second kappa shape index (κ2) is 10.7. The zero-order chi connectivity index (χ0) is 18.2. The van der Waals surface area contributed by atoms with E-state index in [-0.39, 0.29) is 12.1 Å². The maximum atomic E-state index is 12.5. The van der Waals surface area contributed by atoms with E-state index in [9.17, 15) is 4.79 Å². The molecular weight excluding hydrogens is 405 g/mol. The molecule has 0 bridgehead atoms. The molecule has 0 unspecified atom stereocenters. The molecule has 0 aromatic heterocycles. The van der Waals surface area contributed by atoms with Gasteiger partial charge in [0.25, 0.3) is 0 Å². The monoisotopic (exact) mass is 445 g/mol. The number of cyclic esters (lactones) is 1. The van der Waals surface area contributed by atoms with Crippen LogP contribution in [0.15, 0.2) is 10.3 Å². The molecule has 0 aromatic rings. The summed E-state index contributed by atoms with van der Waals surface area (Å²) in [5.74, 6) is 0.417. The zero-order valence-electron chi connectivity index (χ0n) is 16.7. The van der Waals surface area contributed by atoms with Crippen LogP contribution in [0.3, 0.4) is 0 Å². The van der Waals surface area contributed by atoms with Crippen LogP contribution >= 0.6 is 0 Å². The molecule has 0 N–H and O–H groups in total. The number of rotatable bonds is 12. The van der Waals surface area contributed by atoms with Crippen LogP contribution in [0.2, 0.25) is 13.3 Å². The van der Waals surface area contributed by atoms with Crippen LogP contribution in [-0.4, -0.2) is 42.0 Å². The Hall–Kier alpha value is -0.191. The second-order valence-electron chi connectivity index (χ2n) is 7.80. The van der Waals surface area contributed by atoms with E-state index in [1.54, 1.807) is 0 Å². The normalized spacial score (nSPS) is 18.3. The van der Waals surface area contributed by atoms with Gasteiger partial charge in [-0.2, -0.15) is 0 Å². The van der Waals surface area contributed by atoms with Crippen molar-refractivity contribution in [3.05, 3.63) is 10.3 Å². The predicted molar refractivity (Wildman–Crippen MR) is 106 cm³/mol. The maximum absolute atomic E-state index is 12.5. The molecule has 0 aromatic carbocycles. The van der Waals surface area contributed by atoms with Crippen LogP contribution < -0.4 is 0 Å². The Balaban J connectivity index is 3.12. The molecule has 1 atom stereocenters. The number of unbranched alkanes of at least 4 members (excludes halogenated alkanes) is 3. The van der Waals surface area contributed by atoms with Gasteiger partial charge in [-0.3, -0.25) is 0 Å². The van der Waals surface area contributed by atoms with Gasteiger partial charge in [-0.15, -0.1) is 0 Å². The molecule has 1 aliphatic rings. The molecule has 1 aliphatic heterocycles. The minimum absolute atomic E-state index is 0.135. The van der Waals surface area contributed by atoms with Gasteiger partial charge in [-0.05, 0) is 0 Å². The van der Waals surface area contributed by atoms with Crippen LogP contribution in [0.1, 0.15) is 73.1 Å². The molecule has 1 heterocycles. The fraction of sp³-hybridized carbons (Fsp3) is 0.850. The van der Waals surface area contributed by atoms with Crippen LogP contribution in [0.25, 0.3) is 0 Å². The number of hydrogen-bond acceptors (Lipinski definition) is 2. The SMILES string of the molecule is C=[C](N1C(=O)OC[C@@H]1C(C)C)[Sn]([CH2]CCC)([CH2]CCC)[CH2]CCC. The van der Waals surface area contributed by atoms with Crippen molar-refractivity contribution in [2.75, 3.05) is 6.61 Å². The fourth-order valence-electron chi connectivity index (χ4n) is 3.85. The molecule has 0 aliphatic carbocycles. The second-order valence-corrected chi connectivity index (χ2v) is 21.0. The summed E-state index contributed by atoms with van der Waals surface area (Å²) in [6, 6.07) is 0.186. The summed E-state index contributed by atoms with van der Waals surface area (Å²) in [5.41, 5.74) is 0. The Labute approximate surface area is 154 Å². The first-order chi connectivity index (χ1) is 11.4. The van der Waals surface area contributed by atoms with Crippen molar-refractivity contribution in [2.45, 2.75) is 92.5 Å². The van der Waals surface area contributed by atoms with Gasteiger partial charge in [0.05, 0.1) is 0 Å². The first kappa shape index (κ1) is 21.9. The first-order valence-corrected chi connectivity index (χ1v) is 17.6. The summed E-state index contributed by atoms with van der Waals surface area (Å²) in [6.45, 7) is 16.3. The van der Waals surface area contributed by atoms with Gasteiger partial charge in [-0.25, -0.2) is 0 Å². The molecule has 24 heavy (non-hydrogen) atoms. The van der Waals surface area contributed by atoms with Crippen LogP contribution in [0.5, 0.6) is 0 Å². The van der Waals surface area contributed by atoms with E-state index >= 15 is 0 Å². The summed E-state index contributed by atoms with van der Waals surface area (Å²) in [4.78, 5) is 14.5. The third-order valence-corrected chi connectivity index (χ3v) is 21.0. The van der Waals surface area contributed by atoms with Crippen molar-refractivity contribution in [3.63, 3.8) is 0 Å². The van der Waals surface area contributed by atoms with Gasteiger partial charge in [0.2, 0.25) is 0 Å². The van der Waals surface area contributed by atoms with Crippen LogP contribution in [0, 0.1) is 5.92 Å². The molecule has 3 nitrogen and oxygen atoms in total. The number of carbonyl (C=O) groups is 1. The van der Waals surface area contributed by atoms with Gasteiger partial charge >= 0.3 is 154 Å². The molecule has 4 heteroatoms. The third-order valence-electron chi connectivity index (χ3n) is 5.61. The molecule has 0 saturated carbocycles. The molecule has 1 amide bonds. The van der Waals surface area contributed by atoms with Crippen molar-refractivity contribution in [2.24, 2.45) is 5.92 Å². The van der Waals surface area contributed by atoms with E-state index in [1.807, 2.05) is 4.90 Å². The van der Waals surface area contributed by atoms with E-state index in [0.29, 0.717) is 12.5 Å². The summed E-state index contributed by atoms with van der Waals surface area (Å²) in [5, 5.41) is 0. The van der Waals surface area contributed by atoms with Crippen molar-refractivity contribution >= 4 is 24.5 Å². The fourth-order valence-corrected chi connectivity index (χ4v) is 19.5. The Kier molecular flexibility index (Phi) is 9.76. The third kappa shape index (κ3) is 5.40. The Morgan fingerprint density at radius 3 is 1.96 bits per heavy atom. The van der Waals surface area contributed by atoms with Crippen LogP contribution in [-0.2, 0) is 4.74 Å². The van der Waals surface area contributed by atoms with E-state index in [2.05, 4.69) is 41.2 Å². The molecular formula is C20H39NO2Sn. The average molecular weight is 444 g/mol. The minimum atomic E-state index is -2.64. The standard InChI is InChI=1S/C8H12NO2.3C4H9.Sn/c1-4-9-7(6(2)3)5-11-8(9)10;3*1-3-4-2;/h6-7H,1,5H2,2-3H3;3*1,3-4H2,2H3;/t7-;;;;/m1..../s1. The molecule has 140 valence electrons. The summed E-state index contributed by atoms with van der Waals surface area (Å²) in [6.07, 6.45) is 7.45. The first-order valence-electron chi connectivity index (χ1n) is 10.1. The number of carbonyl (C=O) groups excluding carboxylic acids is 1. The molecule has 1 fully saturated rings.